The molecule has 1 aliphatic heterocycles. The quantitative estimate of drug-likeness (QED) is 0.473. The number of nitrogens with zero attached hydrogens (tertiary/aromatic N) is 1. The highest BCUT2D eigenvalue weighted by molar-refractivity contribution is 5.82. The molecule has 1 amide bonds. The van der Waals surface area contributed by atoms with E-state index in [1.54, 1.807) is 0 Å². The maximum atomic E-state index is 12.3. The second-order valence-electron chi connectivity index (χ2n) is 7.27. The van der Waals surface area contributed by atoms with Crippen LogP contribution in [0.25, 0.3) is 0 Å². The zero-order valence-corrected chi connectivity index (χ0v) is 13.8. The Balaban J connectivity index is 1.91. The minimum Gasteiger partial charge on any atom is -0.426 e. The van der Waals surface area contributed by atoms with Crippen molar-refractivity contribution in [3.05, 3.63) is 29.3 Å². The van der Waals surface area contributed by atoms with Crippen LogP contribution in [0.2, 0.25) is 0 Å². The molecule has 1 saturated heterocycles. The number of carbonyl (C=O) groups is 3. The minimum absolute atomic E-state index is 0.143. The Labute approximate surface area is 141 Å². The molecule has 5 heteroatoms. The first kappa shape index (κ1) is 15.4. The van der Waals surface area contributed by atoms with Crippen molar-refractivity contribution in [3.63, 3.8) is 0 Å². The van der Waals surface area contributed by atoms with E-state index in [2.05, 4.69) is 0 Å². The lowest BCUT2D eigenvalue weighted by Crippen LogP contribution is -2.61. The molecule has 2 fully saturated rings. The van der Waals surface area contributed by atoms with Crippen LogP contribution in [0.1, 0.15) is 43.7 Å². The number of ether oxygens (including phenoxy) is 1. The largest absolute Gasteiger partial charge is 0.426 e. The molecule has 0 spiro atoms. The molecule has 1 heterocycles. The zero-order chi connectivity index (χ0) is 16.9. The van der Waals surface area contributed by atoms with Crippen LogP contribution in [0.3, 0.4) is 0 Å². The first-order valence-corrected chi connectivity index (χ1v) is 8.59. The monoisotopic (exact) mass is 327 g/mol. The van der Waals surface area contributed by atoms with Crippen molar-refractivity contribution in [3.8, 4) is 5.75 Å². The molecule has 1 saturated carbocycles. The van der Waals surface area contributed by atoms with E-state index in [0.717, 1.165) is 36.8 Å². The van der Waals surface area contributed by atoms with Crippen molar-refractivity contribution < 1.29 is 19.1 Å². The topological polar surface area (TPSA) is 63.7 Å². The van der Waals surface area contributed by atoms with Gasteiger partial charge in [-0.1, -0.05) is 12.1 Å². The summed E-state index contributed by atoms with van der Waals surface area (Å²) in [5.74, 6) is 0.789. The van der Waals surface area contributed by atoms with E-state index in [1.807, 2.05) is 23.1 Å². The van der Waals surface area contributed by atoms with E-state index < -0.39 is 0 Å². The van der Waals surface area contributed by atoms with Crippen LogP contribution in [0.4, 0.5) is 0 Å². The number of amides is 1. The van der Waals surface area contributed by atoms with Crippen molar-refractivity contribution >= 4 is 18.2 Å². The van der Waals surface area contributed by atoms with Gasteiger partial charge in [-0.25, -0.2) is 0 Å². The minimum atomic E-state index is -0.342. The van der Waals surface area contributed by atoms with Crippen LogP contribution in [0.15, 0.2) is 18.2 Å². The highest BCUT2D eigenvalue weighted by Gasteiger charge is 2.56. The average molecular weight is 327 g/mol. The fourth-order valence-electron chi connectivity index (χ4n) is 5.29. The van der Waals surface area contributed by atoms with E-state index >= 15 is 0 Å². The third kappa shape index (κ3) is 2.10. The second-order valence-corrected chi connectivity index (χ2v) is 7.27. The number of hydrogen-bond donors (Lipinski definition) is 0. The molecule has 0 unspecified atom stereocenters. The van der Waals surface area contributed by atoms with Crippen molar-refractivity contribution in [2.24, 2.45) is 5.92 Å². The molecule has 2 bridgehead atoms. The van der Waals surface area contributed by atoms with Gasteiger partial charge < -0.3 is 9.64 Å². The molecular weight excluding hydrogens is 306 g/mol. The molecule has 2 aliphatic carbocycles. The number of fused-ring (bicyclic) bond motifs is 1. The van der Waals surface area contributed by atoms with Gasteiger partial charge in [0.2, 0.25) is 6.41 Å². The van der Waals surface area contributed by atoms with E-state index in [9.17, 15) is 14.4 Å². The summed E-state index contributed by atoms with van der Waals surface area (Å²) in [6.45, 7) is 2.06. The third-order valence-corrected chi connectivity index (χ3v) is 6.09. The number of piperidine rings is 1. The van der Waals surface area contributed by atoms with Crippen LogP contribution in [0, 0.1) is 5.92 Å². The third-order valence-electron chi connectivity index (χ3n) is 6.09. The average Bonchev–Trinajstić information content (AvgIpc) is 2.53. The number of benzene rings is 1. The molecule has 3 aliphatic rings. The molecule has 126 valence electrons. The van der Waals surface area contributed by atoms with Crippen molar-refractivity contribution in [1.82, 2.24) is 4.90 Å². The molecule has 1 aromatic carbocycles. The maximum Gasteiger partial charge on any atom is 0.308 e. The molecule has 0 N–H and O–H groups in total. The molecule has 0 radical (unpaired) electrons. The molecule has 3 atom stereocenters. The van der Waals surface area contributed by atoms with E-state index in [1.165, 1.54) is 6.92 Å². The van der Waals surface area contributed by atoms with Gasteiger partial charge in [-0.2, -0.15) is 0 Å². The zero-order valence-electron chi connectivity index (χ0n) is 13.8. The summed E-state index contributed by atoms with van der Waals surface area (Å²) < 4.78 is 5.50. The first-order valence-electron chi connectivity index (χ1n) is 8.59. The Morgan fingerprint density at radius 1 is 1.42 bits per heavy atom. The summed E-state index contributed by atoms with van der Waals surface area (Å²) in [6.07, 6.45) is 4.36. The van der Waals surface area contributed by atoms with Crippen molar-refractivity contribution in [2.45, 2.75) is 50.5 Å². The Morgan fingerprint density at radius 3 is 3.00 bits per heavy atom. The highest BCUT2D eigenvalue weighted by Crippen LogP contribution is 2.57. The molecule has 24 heavy (non-hydrogen) atoms. The second kappa shape index (κ2) is 5.43. The van der Waals surface area contributed by atoms with E-state index in [0.29, 0.717) is 25.1 Å². The Hall–Kier alpha value is -2.17. The maximum absolute atomic E-state index is 12.3. The number of carbonyl (C=O) groups excluding carboxylic acids is 3. The van der Waals surface area contributed by atoms with E-state index in [-0.39, 0.29) is 29.1 Å². The summed E-state index contributed by atoms with van der Waals surface area (Å²) in [6, 6.07) is 5.90. The van der Waals surface area contributed by atoms with Crippen LogP contribution < -0.4 is 4.74 Å². The van der Waals surface area contributed by atoms with Gasteiger partial charge in [-0.15, -0.1) is 0 Å². The fourth-order valence-corrected chi connectivity index (χ4v) is 5.29. The molecule has 4 rings (SSSR count). The molecule has 5 nitrogen and oxygen atoms in total. The number of hydrogen-bond acceptors (Lipinski definition) is 4. The molecule has 1 aromatic rings. The number of Topliss-reactive ketones (excluding diaryl/α,β-unsaturated/α-hetero) is 1. The summed E-state index contributed by atoms with van der Waals surface area (Å²) in [5.41, 5.74) is 1.86. The normalized spacial score (nSPS) is 31.0. The number of esters is 1. The van der Waals surface area contributed by atoms with Gasteiger partial charge in [-0.3, -0.25) is 14.4 Å². The van der Waals surface area contributed by atoms with Crippen LogP contribution >= 0.6 is 0 Å². The standard InChI is InChI=1S/C19H21NO4/c1-12(22)24-17-4-2-3-13-9-16-15-6-5-14(23)10-19(15,18(13)17)7-8-20(16)11-21/h2-4,11,15-16H,5-10H2,1H3/t15-,16+,19-/m0/s1. The number of likely N-dealkylation sites (tertiary alicyclic amines) is 1. The Bertz CT molecular complexity index is 728. The smallest absolute Gasteiger partial charge is 0.308 e. The Kier molecular flexibility index (Phi) is 3.48. The summed E-state index contributed by atoms with van der Waals surface area (Å²) >= 11 is 0. The number of ketones is 1. The van der Waals surface area contributed by atoms with Gasteiger partial charge >= 0.3 is 5.97 Å². The van der Waals surface area contributed by atoms with E-state index in [4.69, 9.17) is 4.74 Å². The van der Waals surface area contributed by atoms with Gasteiger partial charge in [0, 0.05) is 43.3 Å². The Morgan fingerprint density at radius 2 is 2.25 bits per heavy atom. The molecular formula is C19H21NO4. The van der Waals surface area contributed by atoms with Gasteiger partial charge in [0.1, 0.15) is 11.5 Å². The highest BCUT2D eigenvalue weighted by atomic mass is 16.5. The summed E-state index contributed by atoms with van der Waals surface area (Å²) in [7, 11) is 0. The SMILES string of the molecule is CC(=O)Oc1cccc2c1[C@]13CCN(C=O)[C@H](C2)[C@@H]1CCC(=O)C3. The van der Waals surface area contributed by atoms with Gasteiger partial charge in [0.15, 0.2) is 0 Å². The summed E-state index contributed by atoms with van der Waals surface area (Å²) in [5, 5.41) is 0. The summed E-state index contributed by atoms with van der Waals surface area (Å²) in [4.78, 5) is 37.3. The lowest BCUT2D eigenvalue weighted by molar-refractivity contribution is -0.132. The van der Waals surface area contributed by atoms with Crippen LogP contribution in [0.5, 0.6) is 5.75 Å². The van der Waals surface area contributed by atoms with Crippen LogP contribution in [-0.2, 0) is 26.2 Å². The predicted molar refractivity (Wildman–Crippen MR) is 86.7 cm³/mol. The van der Waals surface area contributed by atoms with Gasteiger partial charge in [-0.05, 0) is 36.8 Å². The van der Waals surface area contributed by atoms with Crippen LogP contribution in [-0.4, -0.2) is 35.6 Å². The molecule has 0 aromatic heterocycles. The van der Waals surface area contributed by atoms with Crippen molar-refractivity contribution in [2.75, 3.05) is 6.54 Å². The number of rotatable bonds is 2. The lowest BCUT2D eigenvalue weighted by atomic mass is 9.52. The first-order chi connectivity index (χ1) is 11.5. The van der Waals surface area contributed by atoms with Crippen molar-refractivity contribution in [1.29, 1.82) is 0 Å². The fraction of sp³-hybridized carbons (Fsp3) is 0.526. The lowest BCUT2D eigenvalue weighted by Gasteiger charge is -2.57. The van der Waals surface area contributed by atoms with Gasteiger partial charge in [0.25, 0.3) is 0 Å². The predicted octanol–water partition coefficient (Wildman–Crippen LogP) is 2.01. The van der Waals surface area contributed by atoms with Gasteiger partial charge in [0.05, 0.1) is 0 Å².